The van der Waals surface area contributed by atoms with Gasteiger partial charge in [-0.2, -0.15) is 0 Å². The van der Waals surface area contributed by atoms with Crippen molar-refractivity contribution in [1.82, 2.24) is 9.88 Å². The zero-order chi connectivity index (χ0) is 16.8. The van der Waals surface area contributed by atoms with Gasteiger partial charge in [0.05, 0.1) is 6.04 Å². The van der Waals surface area contributed by atoms with Crippen molar-refractivity contribution in [3.05, 3.63) is 71.6 Å². The lowest BCUT2D eigenvalue weighted by Crippen LogP contribution is -2.39. The van der Waals surface area contributed by atoms with E-state index in [1.165, 1.54) is 22.6 Å². The highest BCUT2D eigenvalue weighted by atomic mass is 32.2. The zero-order valence-corrected chi connectivity index (χ0v) is 15.0. The van der Waals surface area contributed by atoms with Gasteiger partial charge < -0.3 is 9.64 Å². The number of benzene rings is 1. The first-order valence-electron chi connectivity index (χ1n) is 8.81. The summed E-state index contributed by atoms with van der Waals surface area (Å²) in [5.41, 5.74) is 3.77. The van der Waals surface area contributed by atoms with Crippen molar-refractivity contribution in [1.29, 1.82) is 0 Å². The summed E-state index contributed by atoms with van der Waals surface area (Å²) in [4.78, 5) is 8.28. The molecule has 3 heterocycles. The Balaban J connectivity index is 1.39. The van der Waals surface area contributed by atoms with Crippen LogP contribution in [0.1, 0.15) is 23.6 Å². The Morgan fingerprint density at radius 3 is 2.96 bits per heavy atom. The molecule has 2 aromatic rings. The first-order valence-corrected chi connectivity index (χ1v) is 9.63. The molecular formula is C21H20N2OS. The fourth-order valence-corrected chi connectivity index (χ4v) is 4.88. The lowest BCUT2D eigenvalue weighted by Gasteiger charge is -2.36. The molecule has 0 spiro atoms. The number of rotatable bonds is 3. The minimum absolute atomic E-state index is 0.473. The second-order valence-electron chi connectivity index (χ2n) is 6.84. The summed E-state index contributed by atoms with van der Waals surface area (Å²) in [6.45, 7) is 3.93. The van der Waals surface area contributed by atoms with Crippen molar-refractivity contribution in [3.63, 3.8) is 0 Å². The molecule has 0 N–H and O–H groups in total. The van der Waals surface area contributed by atoms with E-state index >= 15 is 0 Å². The van der Waals surface area contributed by atoms with E-state index in [1.54, 1.807) is 11.8 Å². The average molecular weight is 348 g/mol. The van der Waals surface area contributed by atoms with Gasteiger partial charge in [0.2, 0.25) is 0 Å². The molecule has 3 aliphatic rings. The van der Waals surface area contributed by atoms with Crippen molar-refractivity contribution < 1.29 is 4.74 Å². The highest BCUT2D eigenvalue weighted by molar-refractivity contribution is 7.99. The van der Waals surface area contributed by atoms with Crippen molar-refractivity contribution >= 4 is 11.8 Å². The fourth-order valence-electron chi connectivity index (χ4n) is 4.00. The van der Waals surface area contributed by atoms with Crippen LogP contribution in [0, 0.1) is 6.92 Å². The Labute approximate surface area is 152 Å². The molecule has 2 aliphatic heterocycles. The van der Waals surface area contributed by atoms with Gasteiger partial charge in [-0.05, 0) is 55.3 Å². The number of aryl methyl sites for hydroxylation is 1. The summed E-state index contributed by atoms with van der Waals surface area (Å²) < 4.78 is 6.16. The van der Waals surface area contributed by atoms with Crippen LogP contribution in [0.5, 0.6) is 5.75 Å². The molecule has 0 radical (unpaired) electrons. The summed E-state index contributed by atoms with van der Waals surface area (Å²) in [6, 6.07) is 13.3. The monoisotopic (exact) mass is 348 g/mol. The van der Waals surface area contributed by atoms with Gasteiger partial charge in [-0.15, -0.1) is 0 Å². The molecule has 1 saturated heterocycles. The summed E-state index contributed by atoms with van der Waals surface area (Å²) in [7, 11) is 0. The van der Waals surface area contributed by atoms with Gasteiger partial charge in [0.25, 0.3) is 0 Å². The first-order chi connectivity index (χ1) is 12.3. The zero-order valence-electron chi connectivity index (χ0n) is 14.2. The molecule has 1 fully saturated rings. The summed E-state index contributed by atoms with van der Waals surface area (Å²) >= 11 is 1.70. The van der Waals surface area contributed by atoms with Crippen molar-refractivity contribution in [2.24, 2.45) is 0 Å². The molecule has 126 valence electrons. The van der Waals surface area contributed by atoms with Crippen LogP contribution < -0.4 is 4.74 Å². The van der Waals surface area contributed by atoms with E-state index in [-0.39, 0.29) is 0 Å². The average Bonchev–Trinajstić information content (AvgIpc) is 2.97. The lowest BCUT2D eigenvalue weighted by molar-refractivity contribution is 0.174. The number of hydrogen-bond acceptors (Lipinski definition) is 4. The molecule has 2 unspecified atom stereocenters. The second-order valence-corrected chi connectivity index (χ2v) is 7.93. The quantitative estimate of drug-likeness (QED) is 0.813. The van der Waals surface area contributed by atoms with Gasteiger partial charge >= 0.3 is 0 Å². The number of aromatic nitrogens is 1. The maximum absolute atomic E-state index is 6.16. The minimum Gasteiger partial charge on any atom is -0.491 e. The summed E-state index contributed by atoms with van der Waals surface area (Å²) in [6.07, 6.45) is 7.72. The van der Waals surface area contributed by atoms with E-state index in [0.717, 1.165) is 29.6 Å². The molecule has 2 atom stereocenters. The topological polar surface area (TPSA) is 25.4 Å². The van der Waals surface area contributed by atoms with Crippen molar-refractivity contribution in [3.8, 4) is 5.75 Å². The lowest BCUT2D eigenvalue weighted by atomic mass is 9.89. The number of nitrogens with zero attached hydrogens (tertiary/aromatic N) is 2. The van der Waals surface area contributed by atoms with Gasteiger partial charge in [0.15, 0.2) is 0 Å². The van der Waals surface area contributed by atoms with Crippen LogP contribution in [0.2, 0.25) is 0 Å². The first kappa shape index (κ1) is 15.1. The Morgan fingerprint density at radius 1 is 1.24 bits per heavy atom. The fraction of sp³-hybridized carbons (Fsp3) is 0.286. The van der Waals surface area contributed by atoms with E-state index in [9.17, 15) is 0 Å². The van der Waals surface area contributed by atoms with Crippen LogP contribution in [-0.4, -0.2) is 29.1 Å². The minimum atomic E-state index is 0.473. The van der Waals surface area contributed by atoms with E-state index in [4.69, 9.17) is 4.74 Å². The maximum Gasteiger partial charge on any atom is 0.124 e. The van der Waals surface area contributed by atoms with Gasteiger partial charge in [-0.25, -0.2) is 4.98 Å². The van der Waals surface area contributed by atoms with E-state index in [0.29, 0.717) is 12.0 Å². The molecule has 0 bridgehead atoms. The number of fused-ring (bicyclic) bond motifs is 3. The second kappa shape index (κ2) is 5.95. The molecule has 25 heavy (non-hydrogen) atoms. The van der Waals surface area contributed by atoms with Crippen LogP contribution in [0.3, 0.4) is 0 Å². The third-order valence-electron chi connectivity index (χ3n) is 5.29. The third kappa shape index (κ3) is 2.65. The molecule has 0 amide bonds. The Bertz CT molecular complexity index is 889. The highest BCUT2D eigenvalue weighted by Crippen LogP contribution is 2.45. The van der Waals surface area contributed by atoms with Crippen LogP contribution >= 0.6 is 11.8 Å². The Hall–Kier alpha value is -2.20. The normalized spacial score (nSPS) is 23.4. The largest absolute Gasteiger partial charge is 0.491 e. The molecule has 1 aromatic heterocycles. The molecule has 0 saturated carbocycles. The number of pyridine rings is 1. The van der Waals surface area contributed by atoms with Gasteiger partial charge in [-0.3, -0.25) is 0 Å². The molecule has 1 aromatic carbocycles. The highest BCUT2D eigenvalue weighted by Gasteiger charge is 2.40. The van der Waals surface area contributed by atoms with E-state index in [1.807, 2.05) is 13.0 Å². The molecular weight excluding hydrogens is 328 g/mol. The Kier molecular flexibility index (Phi) is 3.59. The predicted octanol–water partition coefficient (Wildman–Crippen LogP) is 4.55. The molecule has 3 nitrogen and oxygen atoms in total. The predicted molar refractivity (Wildman–Crippen MR) is 100 cm³/mol. The number of likely N-dealkylation sites (tertiary alicyclic amines) is 1. The van der Waals surface area contributed by atoms with Crippen LogP contribution in [0.25, 0.3) is 0 Å². The molecule has 1 aliphatic carbocycles. The summed E-state index contributed by atoms with van der Waals surface area (Å²) in [5, 5.41) is 1.03. The molecule has 5 rings (SSSR count). The number of hydrogen-bond donors (Lipinski definition) is 0. The number of allylic oxidation sites excluding steroid dienone is 3. The maximum atomic E-state index is 6.16. The van der Waals surface area contributed by atoms with Gasteiger partial charge in [0.1, 0.15) is 17.4 Å². The smallest absolute Gasteiger partial charge is 0.124 e. The SMILES string of the molecule is Cc1cccc(Sc2ccc3c(c2)OCC2C3CCN2C2=CC=C2)n1. The summed E-state index contributed by atoms with van der Waals surface area (Å²) in [5.74, 6) is 1.63. The van der Waals surface area contributed by atoms with Crippen molar-refractivity contribution in [2.75, 3.05) is 13.2 Å². The Morgan fingerprint density at radius 2 is 2.16 bits per heavy atom. The molecule has 4 heteroatoms. The van der Waals surface area contributed by atoms with E-state index < -0.39 is 0 Å². The number of ether oxygens (including phenoxy) is 1. The van der Waals surface area contributed by atoms with Gasteiger partial charge in [-0.1, -0.05) is 30.0 Å². The van der Waals surface area contributed by atoms with Crippen LogP contribution in [0.15, 0.2) is 70.2 Å². The van der Waals surface area contributed by atoms with Crippen LogP contribution in [-0.2, 0) is 0 Å². The van der Waals surface area contributed by atoms with Crippen LogP contribution in [0.4, 0.5) is 0 Å². The van der Waals surface area contributed by atoms with E-state index in [2.05, 4.69) is 58.4 Å². The van der Waals surface area contributed by atoms with Crippen molar-refractivity contribution in [2.45, 2.75) is 35.2 Å². The standard InChI is InChI=1S/C21H20N2OS/c1-14-4-2-7-21(22-14)25-16-8-9-18-17-10-11-23(15-5-3-6-15)19(17)13-24-20(18)12-16/h2-9,12,17,19H,10-11,13H2,1H3. The van der Waals surface area contributed by atoms with Gasteiger partial charge in [0, 0.05) is 28.7 Å². The third-order valence-corrected chi connectivity index (χ3v) is 6.22.